The number of benzene rings is 2. The lowest BCUT2D eigenvalue weighted by molar-refractivity contribution is -0.116. The highest BCUT2D eigenvalue weighted by atomic mass is 79.9. The Hall–Kier alpha value is -2.19. The number of amides is 1. The molecule has 1 heterocycles. The molecule has 2 aromatic rings. The van der Waals surface area contributed by atoms with Gasteiger partial charge in [0.2, 0.25) is 15.9 Å². The van der Waals surface area contributed by atoms with Crippen molar-refractivity contribution in [2.45, 2.75) is 13.0 Å². The van der Waals surface area contributed by atoms with Crippen LogP contribution in [0.15, 0.2) is 53.0 Å². The van der Waals surface area contributed by atoms with Crippen LogP contribution >= 0.6 is 15.9 Å². The first kappa shape index (κ1) is 19.6. The molecule has 1 fully saturated rings. The molecular formula is C19H18BrFN2O3S. The van der Waals surface area contributed by atoms with Gasteiger partial charge in [0.05, 0.1) is 11.4 Å². The van der Waals surface area contributed by atoms with Gasteiger partial charge in [0.25, 0.3) is 0 Å². The fourth-order valence-electron chi connectivity index (χ4n) is 2.81. The average molecular weight is 453 g/mol. The average Bonchev–Trinajstić information content (AvgIpc) is 2.97. The normalized spacial score (nSPS) is 16.0. The van der Waals surface area contributed by atoms with Gasteiger partial charge in [-0.25, -0.2) is 12.8 Å². The highest BCUT2D eigenvalue weighted by molar-refractivity contribution is 9.10. The summed E-state index contributed by atoms with van der Waals surface area (Å²) in [6.45, 7) is 0.710. The molecule has 0 spiro atoms. The first-order valence-corrected chi connectivity index (χ1v) is 10.7. The Bertz CT molecular complexity index is 955. The van der Waals surface area contributed by atoms with Crippen LogP contribution in [0.4, 0.5) is 10.1 Å². The van der Waals surface area contributed by atoms with Gasteiger partial charge in [0, 0.05) is 23.6 Å². The van der Waals surface area contributed by atoms with E-state index < -0.39 is 10.0 Å². The summed E-state index contributed by atoms with van der Waals surface area (Å²) >= 11 is 3.21. The molecule has 0 unspecified atom stereocenters. The number of hydrogen-bond acceptors (Lipinski definition) is 3. The highest BCUT2D eigenvalue weighted by Crippen LogP contribution is 2.24. The Labute approximate surface area is 166 Å². The maximum absolute atomic E-state index is 13.3. The molecular weight excluding hydrogens is 435 g/mol. The first-order chi connectivity index (χ1) is 12.8. The number of sulfonamides is 1. The van der Waals surface area contributed by atoms with E-state index in [4.69, 9.17) is 0 Å². The molecule has 0 bridgehead atoms. The fraction of sp³-hybridized carbons (Fsp3) is 0.211. The Balaban J connectivity index is 1.58. The molecule has 3 rings (SSSR count). The highest BCUT2D eigenvalue weighted by Gasteiger charge is 2.28. The van der Waals surface area contributed by atoms with Gasteiger partial charge < -0.3 is 5.32 Å². The van der Waals surface area contributed by atoms with Gasteiger partial charge in [-0.15, -0.1) is 0 Å². The number of anilines is 1. The summed E-state index contributed by atoms with van der Waals surface area (Å²) < 4.78 is 39.2. The minimum Gasteiger partial charge on any atom is -0.348 e. The zero-order valence-corrected chi connectivity index (χ0v) is 16.8. The fourth-order valence-corrected chi connectivity index (χ4v) is 4.89. The molecule has 1 amide bonds. The van der Waals surface area contributed by atoms with E-state index in [-0.39, 0.29) is 24.0 Å². The van der Waals surface area contributed by atoms with Gasteiger partial charge in [-0.05, 0) is 54.0 Å². The molecule has 142 valence electrons. The van der Waals surface area contributed by atoms with Crippen LogP contribution < -0.4 is 9.62 Å². The molecule has 0 aromatic heterocycles. The summed E-state index contributed by atoms with van der Waals surface area (Å²) in [6.07, 6.45) is 3.65. The van der Waals surface area contributed by atoms with E-state index in [1.54, 1.807) is 36.4 Å². The first-order valence-electron chi connectivity index (χ1n) is 8.35. The summed E-state index contributed by atoms with van der Waals surface area (Å²) in [5, 5.41) is 2.69. The second-order valence-corrected chi connectivity index (χ2v) is 9.09. The van der Waals surface area contributed by atoms with Gasteiger partial charge in [-0.2, -0.15) is 0 Å². The van der Waals surface area contributed by atoms with Gasteiger partial charge in [-0.3, -0.25) is 9.10 Å². The van der Waals surface area contributed by atoms with Crippen molar-refractivity contribution in [3.8, 4) is 0 Å². The van der Waals surface area contributed by atoms with E-state index in [0.717, 1.165) is 5.56 Å². The van der Waals surface area contributed by atoms with Crippen LogP contribution in [0.5, 0.6) is 0 Å². The van der Waals surface area contributed by atoms with Crippen LogP contribution in [0, 0.1) is 5.82 Å². The number of nitrogens with zero attached hydrogens (tertiary/aromatic N) is 1. The molecule has 5 nitrogen and oxygen atoms in total. The van der Waals surface area contributed by atoms with Crippen molar-refractivity contribution in [1.29, 1.82) is 0 Å². The lowest BCUT2D eigenvalue weighted by Crippen LogP contribution is -2.24. The third-order valence-corrected chi connectivity index (χ3v) is 6.42. The standard InChI is InChI=1S/C19H18BrFN2O3S/c20-16-10-15(11-17(21)12-16)13-22-19(24)7-4-14-2-5-18(6-3-14)23-8-1-9-27(23,25)26/h2-7,10-12H,1,8-9,13H2,(H,22,24)/b7-4+. The second-order valence-electron chi connectivity index (χ2n) is 6.16. The van der Waals surface area contributed by atoms with Crippen molar-refractivity contribution < 1.29 is 17.6 Å². The van der Waals surface area contributed by atoms with Crippen LogP contribution in [0.2, 0.25) is 0 Å². The van der Waals surface area contributed by atoms with Gasteiger partial charge in [0.15, 0.2) is 0 Å². The number of halogens is 2. The molecule has 0 aliphatic carbocycles. The van der Waals surface area contributed by atoms with Gasteiger partial charge >= 0.3 is 0 Å². The summed E-state index contributed by atoms with van der Waals surface area (Å²) in [6, 6.07) is 11.4. The number of hydrogen-bond donors (Lipinski definition) is 1. The molecule has 1 saturated heterocycles. The van der Waals surface area contributed by atoms with Crippen molar-refractivity contribution in [2.75, 3.05) is 16.6 Å². The minimum absolute atomic E-state index is 0.177. The van der Waals surface area contributed by atoms with E-state index in [1.807, 2.05) is 0 Å². The quantitative estimate of drug-likeness (QED) is 0.706. The van der Waals surface area contributed by atoms with Crippen molar-refractivity contribution in [3.05, 3.63) is 70.0 Å². The summed E-state index contributed by atoms with van der Waals surface area (Å²) in [5.41, 5.74) is 2.06. The van der Waals surface area contributed by atoms with Crippen LogP contribution in [0.25, 0.3) is 6.08 Å². The zero-order chi connectivity index (χ0) is 19.4. The number of carbonyl (C=O) groups is 1. The van der Waals surface area contributed by atoms with E-state index in [0.29, 0.717) is 28.7 Å². The van der Waals surface area contributed by atoms with E-state index in [1.165, 1.54) is 22.5 Å². The predicted octanol–water partition coefficient (Wildman–Crippen LogP) is 3.46. The second kappa shape index (κ2) is 8.22. The molecule has 0 saturated carbocycles. The van der Waals surface area contributed by atoms with Crippen LogP contribution in [-0.4, -0.2) is 26.6 Å². The molecule has 2 aromatic carbocycles. The summed E-state index contributed by atoms with van der Waals surface area (Å²) in [7, 11) is -3.20. The molecule has 8 heteroatoms. The molecule has 0 atom stereocenters. The Morgan fingerprint density at radius 3 is 2.59 bits per heavy atom. The zero-order valence-electron chi connectivity index (χ0n) is 14.4. The van der Waals surface area contributed by atoms with Crippen LogP contribution in [0.3, 0.4) is 0 Å². The smallest absolute Gasteiger partial charge is 0.244 e. The van der Waals surface area contributed by atoms with Crippen LogP contribution in [-0.2, 0) is 21.4 Å². The van der Waals surface area contributed by atoms with Gasteiger partial charge in [0.1, 0.15) is 5.82 Å². The Morgan fingerprint density at radius 1 is 1.22 bits per heavy atom. The number of rotatable bonds is 5. The monoisotopic (exact) mass is 452 g/mol. The molecule has 0 radical (unpaired) electrons. The molecule has 1 N–H and O–H groups in total. The summed E-state index contributed by atoms with van der Waals surface area (Å²) in [4.78, 5) is 11.9. The Morgan fingerprint density at radius 2 is 1.96 bits per heavy atom. The third kappa shape index (κ3) is 5.17. The maximum Gasteiger partial charge on any atom is 0.244 e. The van der Waals surface area contributed by atoms with Crippen molar-refractivity contribution in [2.24, 2.45) is 0 Å². The third-order valence-electron chi connectivity index (χ3n) is 4.10. The summed E-state index contributed by atoms with van der Waals surface area (Å²) in [5.74, 6) is -0.498. The van der Waals surface area contributed by atoms with Crippen LogP contribution in [0.1, 0.15) is 17.5 Å². The number of nitrogens with one attached hydrogen (secondary N) is 1. The topological polar surface area (TPSA) is 66.5 Å². The molecule has 27 heavy (non-hydrogen) atoms. The van der Waals surface area contributed by atoms with Crippen molar-refractivity contribution in [3.63, 3.8) is 0 Å². The van der Waals surface area contributed by atoms with E-state index >= 15 is 0 Å². The van der Waals surface area contributed by atoms with E-state index in [9.17, 15) is 17.6 Å². The molecule has 1 aliphatic heterocycles. The lowest BCUT2D eigenvalue weighted by atomic mass is 10.2. The van der Waals surface area contributed by atoms with Crippen molar-refractivity contribution >= 4 is 43.6 Å². The maximum atomic E-state index is 13.3. The lowest BCUT2D eigenvalue weighted by Gasteiger charge is -2.16. The molecule has 1 aliphatic rings. The Kier molecular flexibility index (Phi) is 5.96. The van der Waals surface area contributed by atoms with E-state index in [2.05, 4.69) is 21.2 Å². The predicted molar refractivity (Wildman–Crippen MR) is 107 cm³/mol. The van der Waals surface area contributed by atoms with Gasteiger partial charge in [-0.1, -0.05) is 28.1 Å². The van der Waals surface area contributed by atoms with Crippen molar-refractivity contribution in [1.82, 2.24) is 5.32 Å². The number of carbonyl (C=O) groups excluding carboxylic acids is 1. The largest absolute Gasteiger partial charge is 0.348 e. The SMILES string of the molecule is O=C(/C=C/c1ccc(N2CCCS2(=O)=O)cc1)NCc1cc(F)cc(Br)c1. The minimum atomic E-state index is -3.20.